The highest BCUT2D eigenvalue weighted by molar-refractivity contribution is 8.00. The molecule has 0 aliphatic rings. The molecule has 2 aromatic rings. The van der Waals surface area contributed by atoms with Crippen LogP contribution in [0.25, 0.3) is 0 Å². The highest BCUT2D eigenvalue weighted by Gasteiger charge is 2.08. The molecule has 0 fully saturated rings. The first-order valence-electron chi connectivity index (χ1n) is 7.32. The summed E-state index contributed by atoms with van der Waals surface area (Å²) in [4.78, 5) is 24.2. The third kappa shape index (κ3) is 5.14. The van der Waals surface area contributed by atoms with Crippen molar-refractivity contribution in [1.82, 2.24) is 0 Å². The third-order valence-corrected chi connectivity index (χ3v) is 4.42. The van der Waals surface area contributed by atoms with Crippen molar-refractivity contribution in [2.75, 3.05) is 16.4 Å². The van der Waals surface area contributed by atoms with Gasteiger partial charge in [-0.05, 0) is 49.2 Å². The molecule has 2 rings (SSSR count). The minimum absolute atomic E-state index is 0.0733. The average molecular weight is 328 g/mol. The van der Waals surface area contributed by atoms with Crippen LogP contribution < -0.4 is 10.6 Å². The Morgan fingerprint density at radius 3 is 2.43 bits per heavy atom. The lowest BCUT2D eigenvalue weighted by Crippen LogP contribution is -2.14. The minimum Gasteiger partial charge on any atom is -0.325 e. The van der Waals surface area contributed by atoms with Crippen molar-refractivity contribution in [2.45, 2.75) is 25.7 Å². The van der Waals surface area contributed by atoms with E-state index in [2.05, 4.69) is 10.6 Å². The topological polar surface area (TPSA) is 58.2 Å². The molecule has 0 bridgehead atoms. The first-order chi connectivity index (χ1) is 11.0. The number of benzene rings is 2. The fourth-order valence-corrected chi connectivity index (χ4v) is 2.85. The Morgan fingerprint density at radius 1 is 1.00 bits per heavy atom. The van der Waals surface area contributed by atoms with Gasteiger partial charge in [-0.3, -0.25) is 9.59 Å². The van der Waals surface area contributed by atoms with E-state index < -0.39 is 0 Å². The fourth-order valence-electron chi connectivity index (χ4n) is 2.04. The van der Waals surface area contributed by atoms with Crippen molar-refractivity contribution in [1.29, 1.82) is 0 Å². The van der Waals surface area contributed by atoms with Crippen molar-refractivity contribution in [3.8, 4) is 0 Å². The zero-order valence-corrected chi connectivity index (χ0v) is 14.3. The molecule has 0 radical (unpaired) electrons. The van der Waals surface area contributed by atoms with Gasteiger partial charge < -0.3 is 10.6 Å². The molecule has 0 atom stereocenters. The van der Waals surface area contributed by atoms with Crippen LogP contribution in [0.5, 0.6) is 0 Å². The van der Waals surface area contributed by atoms with E-state index in [4.69, 9.17) is 0 Å². The zero-order valence-electron chi connectivity index (χ0n) is 13.5. The SMILES string of the molecule is CC(=O)Nc1ccccc1SCC(=O)Nc1ccc(C)c(C)c1. The van der Waals surface area contributed by atoms with Gasteiger partial charge in [-0.25, -0.2) is 0 Å². The lowest BCUT2D eigenvalue weighted by atomic mass is 10.1. The molecule has 0 aliphatic carbocycles. The summed E-state index contributed by atoms with van der Waals surface area (Å²) in [6.07, 6.45) is 0. The number of amides is 2. The standard InChI is InChI=1S/C18H20N2O2S/c1-12-8-9-15(10-13(12)2)20-18(22)11-23-17-7-5-4-6-16(17)19-14(3)21/h4-10H,11H2,1-3H3,(H,19,21)(H,20,22). The Kier molecular flexibility index (Phi) is 5.82. The molecule has 2 aromatic carbocycles. The molecule has 4 nitrogen and oxygen atoms in total. The molecule has 5 heteroatoms. The van der Waals surface area contributed by atoms with Crippen LogP contribution >= 0.6 is 11.8 Å². The number of carbonyl (C=O) groups excluding carboxylic acids is 2. The Labute approximate surface area is 140 Å². The van der Waals surface area contributed by atoms with Crippen molar-refractivity contribution >= 4 is 35.0 Å². The first-order valence-corrected chi connectivity index (χ1v) is 8.31. The van der Waals surface area contributed by atoms with Crippen molar-refractivity contribution in [2.24, 2.45) is 0 Å². The summed E-state index contributed by atoms with van der Waals surface area (Å²) in [5.74, 6) is 0.0808. The molecule has 0 saturated carbocycles. The first kappa shape index (κ1) is 17.1. The predicted octanol–water partition coefficient (Wildman–Crippen LogP) is 3.99. The Bertz CT molecular complexity index is 729. The van der Waals surface area contributed by atoms with Gasteiger partial charge in [-0.1, -0.05) is 18.2 Å². The zero-order chi connectivity index (χ0) is 16.8. The quantitative estimate of drug-likeness (QED) is 0.816. The van der Waals surface area contributed by atoms with Crippen LogP contribution in [0.2, 0.25) is 0 Å². The largest absolute Gasteiger partial charge is 0.325 e. The molecule has 0 aliphatic heterocycles. The minimum atomic E-state index is -0.127. The van der Waals surface area contributed by atoms with E-state index in [1.807, 2.05) is 56.3 Å². The van der Waals surface area contributed by atoms with Crippen molar-refractivity contribution in [3.05, 3.63) is 53.6 Å². The summed E-state index contributed by atoms with van der Waals surface area (Å²) in [6, 6.07) is 13.3. The van der Waals surface area contributed by atoms with Gasteiger partial charge in [0.15, 0.2) is 0 Å². The number of para-hydroxylation sites is 1. The highest BCUT2D eigenvalue weighted by Crippen LogP contribution is 2.27. The molecule has 0 aromatic heterocycles. The molecular weight excluding hydrogens is 308 g/mol. The number of anilines is 2. The summed E-state index contributed by atoms with van der Waals surface area (Å²) in [5, 5.41) is 5.66. The number of carbonyl (C=O) groups is 2. The summed E-state index contributed by atoms with van der Waals surface area (Å²) >= 11 is 1.40. The van der Waals surface area contributed by atoms with Crippen LogP contribution in [0.3, 0.4) is 0 Å². The molecule has 2 amide bonds. The second kappa shape index (κ2) is 7.83. The van der Waals surface area contributed by atoms with E-state index in [9.17, 15) is 9.59 Å². The lowest BCUT2D eigenvalue weighted by molar-refractivity contribution is -0.114. The average Bonchev–Trinajstić information content (AvgIpc) is 2.49. The van der Waals surface area contributed by atoms with Crippen molar-refractivity contribution in [3.63, 3.8) is 0 Å². The normalized spacial score (nSPS) is 10.2. The molecule has 0 saturated heterocycles. The van der Waals surface area contributed by atoms with Gasteiger partial charge in [0.05, 0.1) is 11.4 Å². The maximum atomic E-state index is 12.1. The summed E-state index contributed by atoms with van der Waals surface area (Å²) in [6.45, 7) is 5.52. The Hall–Kier alpha value is -2.27. The molecule has 0 unspecified atom stereocenters. The number of rotatable bonds is 5. The van der Waals surface area contributed by atoms with E-state index in [1.54, 1.807) is 0 Å². The van der Waals surface area contributed by atoms with E-state index in [0.29, 0.717) is 0 Å². The van der Waals surface area contributed by atoms with E-state index in [0.717, 1.165) is 21.8 Å². The van der Waals surface area contributed by atoms with Crippen LogP contribution in [0.1, 0.15) is 18.1 Å². The number of hydrogen-bond acceptors (Lipinski definition) is 3. The van der Waals surface area contributed by atoms with Crippen LogP contribution in [-0.2, 0) is 9.59 Å². The van der Waals surface area contributed by atoms with Crippen LogP contribution in [0.15, 0.2) is 47.4 Å². The van der Waals surface area contributed by atoms with Gasteiger partial charge in [-0.15, -0.1) is 11.8 Å². The van der Waals surface area contributed by atoms with E-state index in [-0.39, 0.29) is 17.6 Å². The number of thioether (sulfide) groups is 1. The van der Waals surface area contributed by atoms with Crippen LogP contribution in [0, 0.1) is 13.8 Å². The number of aryl methyl sites for hydroxylation is 2. The monoisotopic (exact) mass is 328 g/mol. The van der Waals surface area contributed by atoms with Gasteiger partial charge in [0.1, 0.15) is 0 Å². The van der Waals surface area contributed by atoms with E-state index >= 15 is 0 Å². The maximum Gasteiger partial charge on any atom is 0.234 e. The molecule has 2 N–H and O–H groups in total. The van der Waals surface area contributed by atoms with Gasteiger partial charge in [0.25, 0.3) is 0 Å². The maximum absolute atomic E-state index is 12.1. The molecule has 120 valence electrons. The van der Waals surface area contributed by atoms with Gasteiger partial charge >= 0.3 is 0 Å². The second-order valence-electron chi connectivity index (χ2n) is 5.31. The molecule has 0 spiro atoms. The smallest absolute Gasteiger partial charge is 0.234 e. The van der Waals surface area contributed by atoms with Gasteiger partial charge in [0.2, 0.25) is 11.8 Å². The van der Waals surface area contributed by atoms with Crippen LogP contribution in [0.4, 0.5) is 11.4 Å². The van der Waals surface area contributed by atoms with Gasteiger partial charge in [-0.2, -0.15) is 0 Å². The summed E-state index contributed by atoms with van der Waals surface area (Å²) < 4.78 is 0. The lowest BCUT2D eigenvalue weighted by Gasteiger charge is -2.10. The van der Waals surface area contributed by atoms with Gasteiger partial charge in [0, 0.05) is 17.5 Å². The summed E-state index contributed by atoms with van der Waals surface area (Å²) in [7, 11) is 0. The van der Waals surface area contributed by atoms with Crippen molar-refractivity contribution < 1.29 is 9.59 Å². The number of hydrogen-bond donors (Lipinski definition) is 2. The molecule has 0 heterocycles. The van der Waals surface area contributed by atoms with E-state index in [1.165, 1.54) is 24.2 Å². The Morgan fingerprint density at radius 2 is 1.74 bits per heavy atom. The summed E-state index contributed by atoms with van der Waals surface area (Å²) in [5.41, 5.74) is 3.87. The third-order valence-electron chi connectivity index (χ3n) is 3.35. The molecular formula is C18H20N2O2S. The molecule has 23 heavy (non-hydrogen) atoms. The second-order valence-corrected chi connectivity index (χ2v) is 6.33. The predicted molar refractivity (Wildman–Crippen MR) is 96.0 cm³/mol. The number of nitrogens with one attached hydrogen (secondary N) is 2. The van der Waals surface area contributed by atoms with Crippen LogP contribution in [-0.4, -0.2) is 17.6 Å². The highest BCUT2D eigenvalue weighted by atomic mass is 32.2. The Balaban J connectivity index is 1.96. The fraction of sp³-hybridized carbons (Fsp3) is 0.222.